The molecule has 1 aromatic carbocycles. The summed E-state index contributed by atoms with van der Waals surface area (Å²) in [4.78, 5) is 29.4. The molecule has 0 spiro atoms. The number of nitrogens with zero attached hydrogens (tertiary/aromatic N) is 4. The third-order valence-corrected chi connectivity index (χ3v) is 5.62. The second-order valence-electron chi connectivity index (χ2n) is 7.70. The molecule has 0 aliphatic carbocycles. The van der Waals surface area contributed by atoms with Crippen LogP contribution in [-0.2, 0) is 11.3 Å². The first-order valence-corrected chi connectivity index (χ1v) is 10.1. The van der Waals surface area contributed by atoms with Crippen LogP contribution in [0.25, 0.3) is 0 Å². The first-order chi connectivity index (χ1) is 13.9. The van der Waals surface area contributed by atoms with E-state index in [1.807, 2.05) is 55.0 Å². The first kappa shape index (κ1) is 20.9. The Balaban J connectivity index is 1.60. The molecule has 0 radical (unpaired) electrons. The number of benzene rings is 1. The number of likely N-dealkylation sites (tertiary alicyclic amines) is 1. The predicted molar refractivity (Wildman–Crippen MR) is 111 cm³/mol. The maximum atomic E-state index is 12.9. The summed E-state index contributed by atoms with van der Waals surface area (Å²) in [6, 6.07) is 9.31. The van der Waals surface area contributed by atoms with Gasteiger partial charge < -0.3 is 14.5 Å². The van der Waals surface area contributed by atoms with E-state index in [4.69, 9.17) is 4.74 Å². The van der Waals surface area contributed by atoms with Gasteiger partial charge in [-0.15, -0.1) is 0 Å². The van der Waals surface area contributed by atoms with E-state index in [1.165, 1.54) is 0 Å². The normalized spacial score (nSPS) is 17.0. The number of methoxy groups -OCH3 is 1. The third kappa shape index (κ3) is 4.96. The van der Waals surface area contributed by atoms with Crippen molar-refractivity contribution in [2.75, 3.05) is 27.2 Å². The molecule has 0 unspecified atom stereocenters. The number of hydrogen-bond acceptors (Lipinski definition) is 4. The van der Waals surface area contributed by atoms with Crippen molar-refractivity contribution >= 4 is 11.8 Å². The maximum Gasteiger partial charge on any atom is 0.253 e. The van der Waals surface area contributed by atoms with Crippen molar-refractivity contribution in [3.63, 3.8) is 0 Å². The van der Waals surface area contributed by atoms with Crippen molar-refractivity contribution in [2.45, 2.75) is 45.7 Å². The fraction of sp³-hybridized carbons (Fsp3) is 0.500. The summed E-state index contributed by atoms with van der Waals surface area (Å²) in [5.74, 6) is 0.737. The highest BCUT2D eigenvalue weighted by Gasteiger charge is 2.26. The summed E-state index contributed by atoms with van der Waals surface area (Å²) < 4.78 is 6.99. The van der Waals surface area contributed by atoms with Gasteiger partial charge in [0.2, 0.25) is 5.91 Å². The van der Waals surface area contributed by atoms with Crippen LogP contribution in [0.1, 0.15) is 41.0 Å². The van der Waals surface area contributed by atoms with Gasteiger partial charge in [0.05, 0.1) is 12.8 Å². The SMILES string of the molecule is COc1cccc(C(=O)N(C)[C@@H]2CCCN(C(=O)Cn3nc(C)cc3C)CC2)c1. The average Bonchev–Trinajstić information content (AvgIpc) is 2.90. The first-order valence-electron chi connectivity index (χ1n) is 10.1. The van der Waals surface area contributed by atoms with Crippen molar-refractivity contribution in [2.24, 2.45) is 0 Å². The number of ether oxygens (including phenoxy) is 1. The highest BCUT2D eigenvalue weighted by molar-refractivity contribution is 5.94. The van der Waals surface area contributed by atoms with E-state index < -0.39 is 0 Å². The predicted octanol–water partition coefficient (Wildman–Crippen LogP) is 2.66. The van der Waals surface area contributed by atoms with Crippen LogP contribution in [0.15, 0.2) is 30.3 Å². The molecule has 0 N–H and O–H groups in total. The summed E-state index contributed by atoms with van der Waals surface area (Å²) in [6.45, 7) is 5.53. The van der Waals surface area contributed by atoms with Gasteiger partial charge in [0, 0.05) is 37.4 Å². The van der Waals surface area contributed by atoms with Crippen LogP contribution in [0.2, 0.25) is 0 Å². The third-order valence-electron chi connectivity index (χ3n) is 5.62. The van der Waals surface area contributed by atoms with Crippen molar-refractivity contribution in [3.8, 4) is 5.75 Å². The van der Waals surface area contributed by atoms with Crippen LogP contribution < -0.4 is 4.74 Å². The lowest BCUT2D eigenvalue weighted by atomic mass is 10.1. The molecule has 2 amide bonds. The minimum Gasteiger partial charge on any atom is -0.497 e. The van der Waals surface area contributed by atoms with Crippen LogP contribution in [0.4, 0.5) is 0 Å². The second-order valence-corrected chi connectivity index (χ2v) is 7.70. The topological polar surface area (TPSA) is 67.7 Å². The van der Waals surface area contributed by atoms with E-state index >= 15 is 0 Å². The van der Waals surface area contributed by atoms with Crippen LogP contribution in [0.5, 0.6) is 5.75 Å². The number of hydrogen-bond donors (Lipinski definition) is 0. The van der Waals surface area contributed by atoms with Gasteiger partial charge in [-0.25, -0.2) is 0 Å². The van der Waals surface area contributed by atoms with Gasteiger partial charge in [-0.2, -0.15) is 5.10 Å². The summed E-state index contributed by atoms with van der Waals surface area (Å²) in [5.41, 5.74) is 2.53. The molecule has 0 saturated carbocycles. The van der Waals surface area contributed by atoms with Crippen molar-refractivity contribution in [1.29, 1.82) is 0 Å². The quantitative estimate of drug-likeness (QED) is 0.777. The molecule has 1 fully saturated rings. The molecular weight excluding hydrogens is 368 g/mol. The van der Waals surface area contributed by atoms with Crippen molar-refractivity contribution in [1.82, 2.24) is 19.6 Å². The number of amides is 2. The zero-order valence-electron chi connectivity index (χ0n) is 17.7. The molecular formula is C22H30N4O3. The van der Waals surface area contributed by atoms with Gasteiger partial charge in [0.25, 0.3) is 5.91 Å². The Morgan fingerprint density at radius 1 is 1.21 bits per heavy atom. The number of aryl methyl sites for hydroxylation is 2. The molecule has 29 heavy (non-hydrogen) atoms. The van der Waals surface area contributed by atoms with Crippen molar-refractivity contribution < 1.29 is 14.3 Å². The fourth-order valence-corrected chi connectivity index (χ4v) is 3.90. The van der Waals surface area contributed by atoms with Gasteiger partial charge in [-0.1, -0.05) is 6.07 Å². The van der Waals surface area contributed by atoms with Crippen LogP contribution in [0.3, 0.4) is 0 Å². The Labute approximate surface area is 172 Å². The molecule has 1 aliphatic rings. The monoisotopic (exact) mass is 398 g/mol. The van der Waals surface area contributed by atoms with Gasteiger partial charge in [-0.05, 0) is 57.4 Å². The van der Waals surface area contributed by atoms with Crippen molar-refractivity contribution in [3.05, 3.63) is 47.3 Å². The van der Waals surface area contributed by atoms with E-state index in [1.54, 1.807) is 17.9 Å². The lowest BCUT2D eigenvalue weighted by molar-refractivity contribution is -0.132. The number of carbonyl (C=O) groups is 2. The van der Waals surface area contributed by atoms with Gasteiger partial charge in [-0.3, -0.25) is 14.3 Å². The molecule has 7 heteroatoms. The minimum absolute atomic E-state index is 0.0173. The Morgan fingerprint density at radius 2 is 2.00 bits per heavy atom. The standard InChI is InChI=1S/C22H30N4O3/c1-16-13-17(2)26(23-16)15-21(27)25-11-6-8-19(10-12-25)24(3)22(28)18-7-5-9-20(14-18)29-4/h5,7,9,13-14,19H,6,8,10-12,15H2,1-4H3/t19-/m1/s1. The lowest BCUT2D eigenvalue weighted by Gasteiger charge is -2.27. The summed E-state index contributed by atoms with van der Waals surface area (Å²) in [5, 5.41) is 4.39. The molecule has 156 valence electrons. The summed E-state index contributed by atoms with van der Waals surface area (Å²) >= 11 is 0. The zero-order chi connectivity index (χ0) is 21.0. The molecule has 2 aromatic rings. The largest absolute Gasteiger partial charge is 0.497 e. The Morgan fingerprint density at radius 3 is 2.69 bits per heavy atom. The smallest absolute Gasteiger partial charge is 0.253 e. The molecule has 7 nitrogen and oxygen atoms in total. The van der Waals surface area contributed by atoms with Crippen LogP contribution >= 0.6 is 0 Å². The zero-order valence-corrected chi connectivity index (χ0v) is 17.7. The van der Waals surface area contributed by atoms with Gasteiger partial charge in [0.15, 0.2) is 0 Å². The Kier molecular flexibility index (Phi) is 6.56. The maximum absolute atomic E-state index is 12.9. The minimum atomic E-state index is -0.0173. The molecule has 1 atom stereocenters. The molecule has 1 aromatic heterocycles. The molecule has 0 bridgehead atoms. The van der Waals surface area contributed by atoms with E-state index in [9.17, 15) is 9.59 Å². The van der Waals surface area contributed by atoms with Crippen LogP contribution in [-0.4, -0.2) is 64.7 Å². The van der Waals surface area contributed by atoms with E-state index in [0.717, 1.165) is 37.2 Å². The van der Waals surface area contributed by atoms with E-state index in [-0.39, 0.29) is 24.4 Å². The number of aromatic nitrogens is 2. The highest BCUT2D eigenvalue weighted by Crippen LogP contribution is 2.20. The van der Waals surface area contributed by atoms with E-state index in [0.29, 0.717) is 17.9 Å². The van der Waals surface area contributed by atoms with E-state index in [2.05, 4.69) is 5.10 Å². The molecule has 3 rings (SSSR count). The van der Waals surface area contributed by atoms with Crippen LogP contribution in [0, 0.1) is 13.8 Å². The molecule has 1 aliphatic heterocycles. The van der Waals surface area contributed by atoms with Gasteiger partial charge in [0.1, 0.15) is 12.3 Å². The second kappa shape index (κ2) is 9.11. The summed E-state index contributed by atoms with van der Waals surface area (Å²) in [6.07, 6.45) is 2.54. The Hall–Kier alpha value is -2.83. The Bertz CT molecular complexity index is 877. The lowest BCUT2D eigenvalue weighted by Crippen LogP contribution is -2.39. The fourth-order valence-electron chi connectivity index (χ4n) is 3.90. The summed E-state index contributed by atoms with van der Waals surface area (Å²) in [7, 11) is 3.44. The average molecular weight is 399 g/mol. The van der Waals surface area contributed by atoms with Gasteiger partial charge >= 0.3 is 0 Å². The highest BCUT2D eigenvalue weighted by atomic mass is 16.5. The number of carbonyl (C=O) groups excluding carboxylic acids is 2. The number of rotatable bonds is 5. The molecule has 1 saturated heterocycles. The molecule has 2 heterocycles.